The molecule has 0 spiro atoms. The molecule has 1 heterocycles. The monoisotopic (exact) mass is 324 g/mol. The van der Waals surface area contributed by atoms with Crippen molar-refractivity contribution in [1.29, 1.82) is 0 Å². The minimum absolute atomic E-state index is 0.353. The molecule has 0 amide bonds. The second kappa shape index (κ2) is 5.82. The molecule has 1 saturated heterocycles. The average Bonchev–Trinajstić information content (AvgIpc) is 2.65. The van der Waals surface area contributed by atoms with Gasteiger partial charge in [0, 0.05) is 0 Å². The largest absolute Gasteiger partial charge is 0.378 e. The summed E-state index contributed by atoms with van der Waals surface area (Å²) in [5, 5.41) is 0. The van der Waals surface area contributed by atoms with Crippen LogP contribution in [0.15, 0.2) is 0 Å². The van der Waals surface area contributed by atoms with Gasteiger partial charge < -0.3 is 9.47 Å². The zero-order chi connectivity index (χ0) is 10.7. The first-order valence-corrected chi connectivity index (χ1v) is 7.41. The van der Waals surface area contributed by atoms with Gasteiger partial charge in [0.15, 0.2) is 0 Å². The fourth-order valence-electron chi connectivity index (χ4n) is 2.62. The van der Waals surface area contributed by atoms with Crippen LogP contribution in [0.5, 0.6) is 0 Å². The highest BCUT2D eigenvalue weighted by molar-refractivity contribution is 14.1. The van der Waals surface area contributed by atoms with Crippen LogP contribution in [0.2, 0.25) is 0 Å². The molecule has 0 aromatic rings. The van der Waals surface area contributed by atoms with Gasteiger partial charge in [0.25, 0.3) is 0 Å². The molecule has 2 rings (SSSR count). The topological polar surface area (TPSA) is 18.5 Å². The SMILES string of the molecule is CCC1CCCC(OC2COCC2I)C1. The number of ether oxygens (including phenoxy) is 2. The number of rotatable bonds is 3. The summed E-state index contributed by atoms with van der Waals surface area (Å²) >= 11 is 2.45. The Kier molecular flexibility index (Phi) is 4.70. The molecule has 1 aliphatic heterocycles. The van der Waals surface area contributed by atoms with E-state index in [9.17, 15) is 0 Å². The van der Waals surface area contributed by atoms with Crippen LogP contribution in [0.1, 0.15) is 39.0 Å². The summed E-state index contributed by atoms with van der Waals surface area (Å²) in [7, 11) is 0. The molecule has 2 nitrogen and oxygen atoms in total. The normalized spacial score (nSPS) is 42.0. The first-order chi connectivity index (χ1) is 7.29. The average molecular weight is 324 g/mol. The van der Waals surface area contributed by atoms with E-state index in [0.29, 0.717) is 16.1 Å². The molecule has 2 fully saturated rings. The lowest BCUT2D eigenvalue weighted by Crippen LogP contribution is -2.31. The molecule has 0 aromatic carbocycles. The summed E-state index contributed by atoms with van der Waals surface area (Å²) in [6, 6.07) is 0. The third-order valence-corrected chi connectivity index (χ3v) is 4.80. The summed E-state index contributed by atoms with van der Waals surface area (Å²) < 4.78 is 12.2. The lowest BCUT2D eigenvalue weighted by atomic mass is 9.85. The van der Waals surface area contributed by atoms with Gasteiger partial charge in [-0.25, -0.2) is 0 Å². The van der Waals surface area contributed by atoms with Crippen molar-refractivity contribution in [3.8, 4) is 0 Å². The second-order valence-electron chi connectivity index (χ2n) is 4.79. The van der Waals surface area contributed by atoms with Gasteiger partial charge in [-0.15, -0.1) is 0 Å². The van der Waals surface area contributed by atoms with E-state index in [2.05, 4.69) is 29.5 Å². The number of halogens is 1. The van der Waals surface area contributed by atoms with Crippen molar-refractivity contribution in [3.05, 3.63) is 0 Å². The van der Waals surface area contributed by atoms with E-state index in [1.54, 1.807) is 0 Å². The van der Waals surface area contributed by atoms with Gasteiger partial charge in [-0.1, -0.05) is 48.8 Å². The smallest absolute Gasteiger partial charge is 0.0951 e. The molecule has 88 valence electrons. The summed E-state index contributed by atoms with van der Waals surface area (Å²) in [6.07, 6.45) is 7.47. The Morgan fingerprint density at radius 2 is 2.20 bits per heavy atom. The van der Waals surface area contributed by atoms with E-state index in [0.717, 1.165) is 19.1 Å². The molecular formula is C12H21IO2. The molecule has 0 N–H and O–H groups in total. The van der Waals surface area contributed by atoms with Crippen LogP contribution in [-0.4, -0.2) is 29.3 Å². The standard InChI is InChI=1S/C12H21IO2/c1-2-9-4-3-5-10(6-9)15-12-8-14-7-11(12)13/h9-12H,2-8H2,1H3. The predicted octanol–water partition coefficient (Wildman–Crippen LogP) is 3.17. The highest BCUT2D eigenvalue weighted by Crippen LogP contribution is 2.31. The van der Waals surface area contributed by atoms with E-state index in [1.807, 2.05) is 0 Å². The second-order valence-corrected chi connectivity index (χ2v) is 6.39. The highest BCUT2D eigenvalue weighted by Gasteiger charge is 2.31. The Balaban J connectivity index is 1.78. The maximum Gasteiger partial charge on any atom is 0.0951 e. The molecule has 15 heavy (non-hydrogen) atoms. The zero-order valence-corrected chi connectivity index (χ0v) is 11.6. The molecule has 0 radical (unpaired) electrons. The number of hydrogen-bond acceptors (Lipinski definition) is 2. The zero-order valence-electron chi connectivity index (χ0n) is 9.45. The summed E-state index contributed by atoms with van der Waals surface area (Å²) in [4.78, 5) is 0. The highest BCUT2D eigenvalue weighted by atomic mass is 127. The van der Waals surface area contributed by atoms with Gasteiger partial charge in [-0.3, -0.25) is 0 Å². The molecule has 4 unspecified atom stereocenters. The molecule has 4 atom stereocenters. The van der Waals surface area contributed by atoms with Gasteiger partial charge in [-0.2, -0.15) is 0 Å². The lowest BCUT2D eigenvalue weighted by molar-refractivity contribution is -0.0397. The maximum absolute atomic E-state index is 6.16. The van der Waals surface area contributed by atoms with E-state index >= 15 is 0 Å². The fraction of sp³-hybridized carbons (Fsp3) is 1.00. The van der Waals surface area contributed by atoms with E-state index < -0.39 is 0 Å². The van der Waals surface area contributed by atoms with E-state index in [4.69, 9.17) is 9.47 Å². The summed E-state index contributed by atoms with van der Waals surface area (Å²) in [5.41, 5.74) is 0. The van der Waals surface area contributed by atoms with Gasteiger partial charge in [0.1, 0.15) is 0 Å². The third kappa shape index (κ3) is 3.30. The Bertz CT molecular complexity index is 198. The van der Waals surface area contributed by atoms with Crippen LogP contribution in [-0.2, 0) is 9.47 Å². The molecule has 1 saturated carbocycles. The molecule has 3 heteroatoms. The number of alkyl halides is 1. The maximum atomic E-state index is 6.16. The Labute approximate surface area is 106 Å². The first-order valence-electron chi connectivity index (χ1n) is 6.17. The van der Waals surface area contributed by atoms with Crippen molar-refractivity contribution in [3.63, 3.8) is 0 Å². The third-order valence-electron chi connectivity index (χ3n) is 3.64. The number of hydrogen-bond donors (Lipinski definition) is 0. The lowest BCUT2D eigenvalue weighted by Gasteiger charge is -2.31. The van der Waals surface area contributed by atoms with Crippen molar-refractivity contribution in [2.75, 3.05) is 13.2 Å². The van der Waals surface area contributed by atoms with Crippen molar-refractivity contribution in [1.82, 2.24) is 0 Å². The van der Waals surface area contributed by atoms with Crippen LogP contribution in [0, 0.1) is 5.92 Å². The van der Waals surface area contributed by atoms with Gasteiger partial charge >= 0.3 is 0 Å². The first kappa shape index (κ1) is 12.1. The summed E-state index contributed by atoms with van der Waals surface area (Å²) in [5.74, 6) is 0.902. The van der Waals surface area contributed by atoms with Crippen molar-refractivity contribution in [2.45, 2.75) is 55.2 Å². The van der Waals surface area contributed by atoms with Crippen LogP contribution in [0.25, 0.3) is 0 Å². The molecule has 2 aliphatic rings. The van der Waals surface area contributed by atoms with Gasteiger partial charge in [-0.05, 0) is 18.8 Å². The van der Waals surface area contributed by atoms with Crippen LogP contribution in [0.3, 0.4) is 0 Å². The minimum Gasteiger partial charge on any atom is -0.378 e. The van der Waals surface area contributed by atoms with Crippen LogP contribution >= 0.6 is 22.6 Å². The van der Waals surface area contributed by atoms with E-state index in [1.165, 1.54) is 32.1 Å². The van der Waals surface area contributed by atoms with Crippen LogP contribution < -0.4 is 0 Å². The van der Waals surface area contributed by atoms with Gasteiger partial charge in [0.2, 0.25) is 0 Å². The van der Waals surface area contributed by atoms with Gasteiger partial charge in [0.05, 0.1) is 29.3 Å². The van der Waals surface area contributed by atoms with Crippen molar-refractivity contribution >= 4 is 22.6 Å². The Hall–Kier alpha value is 0.650. The Morgan fingerprint density at radius 3 is 2.87 bits per heavy atom. The molecule has 0 aromatic heterocycles. The Morgan fingerprint density at radius 1 is 1.33 bits per heavy atom. The molecular weight excluding hydrogens is 303 g/mol. The van der Waals surface area contributed by atoms with Crippen molar-refractivity contribution in [2.24, 2.45) is 5.92 Å². The van der Waals surface area contributed by atoms with E-state index in [-0.39, 0.29) is 0 Å². The molecule has 0 bridgehead atoms. The molecule has 1 aliphatic carbocycles. The van der Waals surface area contributed by atoms with Crippen molar-refractivity contribution < 1.29 is 9.47 Å². The quantitative estimate of drug-likeness (QED) is 0.586. The fourth-order valence-corrected chi connectivity index (χ4v) is 3.25. The summed E-state index contributed by atoms with van der Waals surface area (Å²) in [6.45, 7) is 3.98. The predicted molar refractivity (Wildman–Crippen MR) is 69.5 cm³/mol. The van der Waals surface area contributed by atoms with Crippen LogP contribution in [0.4, 0.5) is 0 Å². The minimum atomic E-state index is 0.353.